The van der Waals surface area contributed by atoms with E-state index in [2.05, 4.69) is 0 Å². The normalized spacial score (nSPS) is 27.6. The standard InChI is InChI=1S/C18H24O6/c1-11-7-14(20)9-13(19)6-4-2-3-5-12-8-15(21)10-16(22)17(12)18(23)24-11/h3,5,8,10-11,13-14,19-22H,2,4,6-7,9H2,1H3/b5-3+/t11-,13+,14?/m0/s1. The van der Waals surface area contributed by atoms with E-state index < -0.39 is 24.3 Å². The van der Waals surface area contributed by atoms with Crippen molar-refractivity contribution in [2.45, 2.75) is 57.3 Å². The van der Waals surface area contributed by atoms with Crippen LogP contribution in [0.4, 0.5) is 0 Å². The maximum atomic E-state index is 12.4. The van der Waals surface area contributed by atoms with Gasteiger partial charge in [-0.3, -0.25) is 0 Å². The average Bonchev–Trinajstić information content (AvgIpc) is 2.44. The van der Waals surface area contributed by atoms with Crippen molar-refractivity contribution in [2.75, 3.05) is 0 Å². The van der Waals surface area contributed by atoms with E-state index in [0.717, 1.165) is 12.5 Å². The Bertz CT molecular complexity index is 610. The van der Waals surface area contributed by atoms with Gasteiger partial charge in [0.2, 0.25) is 0 Å². The molecule has 0 amide bonds. The van der Waals surface area contributed by atoms with Crippen molar-refractivity contribution in [1.82, 2.24) is 0 Å². The zero-order chi connectivity index (χ0) is 17.7. The molecule has 0 aliphatic carbocycles. The first-order chi connectivity index (χ1) is 11.4. The summed E-state index contributed by atoms with van der Waals surface area (Å²) in [5.41, 5.74) is 0.352. The van der Waals surface area contributed by atoms with Crippen LogP contribution in [0.5, 0.6) is 11.5 Å². The highest BCUT2D eigenvalue weighted by Crippen LogP contribution is 2.30. The Kier molecular flexibility index (Phi) is 6.23. The molecule has 6 heteroatoms. The molecule has 0 aromatic heterocycles. The van der Waals surface area contributed by atoms with Gasteiger partial charge in [0.25, 0.3) is 0 Å². The number of phenols is 2. The van der Waals surface area contributed by atoms with Crippen LogP contribution in [0.1, 0.15) is 54.9 Å². The molecule has 1 aliphatic rings. The Balaban J connectivity index is 2.32. The summed E-state index contributed by atoms with van der Waals surface area (Å²) in [7, 11) is 0. The van der Waals surface area contributed by atoms with Gasteiger partial charge < -0.3 is 25.2 Å². The Morgan fingerprint density at radius 2 is 1.88 bits per heavy atom. The number of aliphatic hydroxyl groups is 2. The summed E-state index contributed by atoms with van der Waals surface area (Å²) in [6, 6.07) is 2.47. The molecule has 0 saturated heterocycles. The van der Waals surface area contributed by atoms with E-state index in [4.69, 9.17) is 4.74 Å². The van der Waals surface area contributed by atoms with Gasteiger partial charge in [-0.2, -0.15) is 0 Å². The van der Waals surface area contributed by atoms with Gasteiger partial charge in [-0.05, 0) is 44.2 Å². The molecular weight excluding hydrogens is 312 g/mol. The van der Waals surface area contributed by atoms with Crippen molar-refractivity contribution >= 4 is 12.0 Å². The maximum absolute atomic E-state index is 12.4. The number of fused-ring (bicyclic) bond motifs is 1. The van der Waals surface area contributed by atoms with Gasteiger partial charge in [0.05, 0.1) is 12.2 Å². The summed E-state index contributed by atoms with van der Waals surface area (Å²) in [5.74, 6) is -1.22. The van der Waals surface area contributed by atoms with E-state index in [1.807, 2.05) is 6.08 Å². The molecule has 1 aromatic carbocycles. The fourth-order valence-electron chi connectivity index (χ4n) is 2.87. The maximum Gasteiger partial charge on any atom is 0.342 e. The molecule has 24 heavy (non-hydrogen) atoms. The van der Waals surface area contributed by atoms with E-state index in [-0.39, 0.29) is 29.9 Å². The number of carbonyl (C=O) groups is 1. The summed E-state index contributed by atoms with van der Waals surface area (Å²) in [6.07, 6.45) is 3.90. The first-order valence-corrected chi connectivity index (χ1v) is 8.16. The first-order valence-electron chi connectivity index (χ1n) is 8.16. The van der Waals surface area contributed by atoms with Crippen LogP contribution in [0, 0.1) is 0 Å². The van der Waals surface area contributed by atoms with Gasteiger partial charge in [-0.15, -0.1) is 0 Å². The third-order valence-electron chi connectivity index (χ3n) is 4.00. The number of carbonyl (C=O) groups excluding carboxylic acids is 1. The molecule has 3 atom stereocenters. The third-order valence-corrected chi connectivity index (χ3v) is 4.00. The van der Waals surface area contributed by atoms with Crippen molar-refractivity contribution in [3.63, 3.8) is 0 Å². The summed E-state index contributed by atoms with van der Waals surface area (Å²) in [5, 5.41) is 39.5. The second-order valence-corrected chi connectivity index (χ2v) is 6.26. The molecule has 1 heterocycles. The van der Waals surface area contributed by atoms with Crippen molar-refractivity contribution < 1.29 is 30.0 Å². The molecule has 0 fully saturated rings. The van der Waals surface area contributed by atoms with Crippen LogP contribution in [-0.2, 0) is 4.74 Å². The number of ether oxygens (including phenoxy) is 1. The molecule has 0 bridgehead atoms. The Hall–Kier alpha value is -2.05. The highest BCUT2D eigenvalue weighted by Gasteiger charge is 2.23. The molecule has 0 radical (unpaired) electrons. The van der Waals surface area contributed by atoms with E-state index in [1.54, 1.807) is 13.0 Å². The summed E-state index contributed by atoms with van der Waals surface area (Å²) < 4.78 is 5.29. The lowest BCUT2D eigenvalue weighted by molar-refractivity contribution is 0.00987. The zero-order valence-electron chi connectivity index (χ0n) is 13.7. The van der Waals surface area contributed by atoms with Gasteiger partial charge >= 0.3 is 5.97 Å². The Morgan fingerprint density at radius 3 is 2.62 bits per heavy atom. The number of aromatic hydroxyl groups is 2. The molecule has 2 rings (SSSR count). The number of hydrogen-bond acceptors (Lipinski definition) is 6. The molecular formula is C18H24O6. The Labute approximate surface area is 141 Å². The lowest BCUT2D eigenvalue weighted by atomic mass is 10.0. The smallest absolute Gasteiger partial charge is 0.342 e. The van der Waals surface area contributed by atoms with Crippen LogP contribution in [-0.4, -0.2) is 44.7 Å². The number of phenolic OH excluding ortho intramolecular Hbond substituents is 2. The molecule has 1 aromatic rings. The number of aliphatic hydroxyl groups excluding tert-OH is 2. The van der Waals surface area contributed by atoms with E-state index >= 15 is 0 Å². The second-order valence-electron chi connectivity index (χ2n) is 6.26. The molecule has 0 saturated carbocycles. The predicted molar refractivity (Wildman–Crippen MR) is 88.8 cm³/mol. The van der Waals surface area contributed by atoms with E-state index in [9.17, 15) is 25.2 Å². The van der Waals surface area contributed by atoms with Gasteiger partial charge in [-0.25, -0.2) is 4.79 Å². The summed E-state index contributed by atoms with van der Waals surface area (Å²) in [4.78, 5) is 12.4. The number of esters is 1. The summed E-state index contributed by atoms with van der Waals surface area (Å²) >= 11 is 0. The molecule has 1 unspecified atom stereocenters. The number of rotatable bonds is 0. The number of allylic oxidation sites excluding steroid dienone is 1. The molecule has 4 N–H and O–H groups in total. The molecule has 1 aliphatic heterocycles. The number of benzene rings is 1. The Morgan fingerprint density at radius 1 is 1.12 bits per heavy atom. The van der Waals surface area contributed by atoms with Crippen LogP contribution in [0.2, 0.25) is 0 Å². The van der Waals surface area contributed by atoms with Crippen LogP contribution in [0.25, 0.3) is 6.08 Å². The van der Waals surface area contributed by atoms with Crippen LogP contribution in [0.15, 0.2) is 18.2 Å². The van der Waals surface area contributed by atoms with E-state index in [1.165, 1.54) is 6.07 Å². The van der Waals surface area contributed by atoms with Gasteiger partial charge in [0.15, 0.2) is 0 Å². The average molecular weight is 336 g/mol. The minimum Gasteiger partial charge on any atom is -0.508 e. The minimum atomic E-state index is -0.769. The molecule has 6 nitrogen and oxygen atoms in total. The zero-order valence-corrected chi connectivity index (χ0v) is 13.7. The van der Waals surface area contributed by atoms with Gasteiger partial charge in [-0.1, -0.05) is 12.2 Å². The van der Waals surface area contributed by atoms with Crippen LogP contribution >= 0.6 is 0 Å². The highest BCUT2D eigenvalue weighted by atomic mass is 16.5. The van der Waals surface area contributed by atoms with Crippen molar-refractivity contribution in [3.05, 3.63) is 29.3 Å². The highest BCUT2D eigenvalue weighted by molar-refractivity contribution is 5.97. The van der Waals surface area contributed by atoms with Crippen LogP contribution < -0.4 is 0 Å². The SMILES string of the molecule is C[C@H]1CC(O)C[C@H](O)CCC/C=C/c2cc(O)cc(O)c2C(=O)O1. The van der Waals surface area contributed by atoms with Gasteiger partial charge in [0, 0.05) is 12.5 Å². The fourth-order valence-corrected chi connectivity index (χ4v) is 2.87. The van der Waals surface area contributed by atoms with Crippen molar-refractivity contribution in [1.29, 1.82) is 0 Å². The quantitative estimate of drug-likeness (QED) is 0.542. The van der Waals surface area contributed by atoms with Gasteiger partial charge in [0.1, 0.15) is 23.2 Å². The lowest BCUT2D eigenvalue weighted by Gasteiger charge is -2.20. The largest absolute Gasteiger partial charge is 0.508 e. The first kappa shape index (κ1) is 18.3. The minimum absolute atomic E-state index is 0.0116. The van der Waals surface area contributed by atoms with E-state index in [0.29, 0.717) is 18.4 Å². The monoisotopic (exact) mass is 336 g/mol. The summed E-state index contributed by atoms with van der Waals surface area (Å²) in [6.45, 7) is 1.65. The number of cyclic esters (lactones) is 1. The third kappa shape index (κ3) is 4.97. The second kappa shape index (κ2) is 8.17. The predicted octanol–water partition coefficient (Wildman–Crippen LogP) is 2.34. The van der Waals surface area contributed by atoms with Crippen molar-refractivity contribution in [2.24, 2.45) is 0 Å². The van der Waals surface area contributed by atoms with Crippen LogP contribution in [0.3, 0.4) is 0 Å². The fraction of sp³-hybridized carbons (Fsp3) is 0.500. The lowest BCUT2D eigenvalue weighted by Crippen LogP contribution is -2.25. The topological polar surface area (TPSA) is 107 Å². The molecule has 0 spiro atoms. The van der Waals surface area contributed by atoms with Crippen molar-refractivity contribution in [3.8, 4) is 11.5 Å². The molecule has 132 valence electrons. The number of hydrogen-bond donors (Lipinski definition) is 4.